The molecule has 0 radical (unpaired) electrons. The summed E-state index contributed by atoms with van der Waals surface area (Å²) in [5, 5.41) is 7.57. The van der Waals surface area contributed by atoms with E-state index in [-0.39, 0.29) is 40.4 Å². The van der Waals surface area contributed by atoms with Crippen molar-refractivity contribution in [1.29, 1.82) is 0 Å². The van der Waals surface area contributed by atoms with Crippen LogP contribution in [0.15, 0.2) is 0 Å². The normalized spacial score (nSPS) is 4.80. The third kappa shape index (κ3) is 47.5. The molecule has 29 valence electrons. The minimum atomic E-state index is -0.0833. The first-order valence-corrected chi connectivity index (χ1v) is 2.74. The van der Waals surface area contributed by atoms with Gasteiger partial charge in [-0.3, -0.25) is 0 Å². The molecule has 2 nitrogen and oxygen atoms in total. The maximum atomic E-state index is 8.42. The first-order valence-electron chi connectivity index (χ1n) is 1.26. The van der Waals surface area contributed by atoms with Crippen LogP contribution in [0.3, 0.4) is 0 Å². The first-order chi connectivity index (χ1) is 2.41. The van der Waals surface area contributed by atoms with E-state index in [2.05, 4.69) is 0 Å². The Morgan fingerprint density at radius 1 is 1.80 bits per heavy atom. The first kappa shape index (κ1) is 9.35. The van der Waals surface area contributed by atoms with E-state index >= 15 is 0 Å². The van der Waals surface area contributed by atoms with Gasteiger partial charge in [-0.2, -0.15) is 0 Å². The molecule has 0 aliphatic carbocycles. The van der Waals surface area contributed by atoms with Crippen molar-refractivity contribution in [1.82, 2.24) is 0 Å². The van der Waals surface area contributed by atoms with Gasteiger partial charge in [-0.05, 0) is 6.92 Å². The zero-order valence-corrected chi connectivity index (χ0v) is 6.77. The fraction of sp³-hybridized carbons (Fsp3) is 1.00. The maximum absolute atomic E-state index is 8.42. The van der Waals surface area contributed by atoms with Crippen LogP contribution in [0.1, 0.15) is 6.92 Å². The SMILES string of the molecule is CCO.[O]=[La]. The molecule has 0 amide bonds. The summed E-state index contributed by atoms with van der Waals surface area (Å²) in [7, 11) is 0. The summed E-state index contributed by atoms with van der Waals surface area (Å²) in [6.07, 6.45) is 0. The third-order valence-corrected chi connectivity index (χ3v) is 0. The van der Waals surface area contributed by atoms with E-state index < -0.39 is 0 Å². The third-order valence-electron chi connectivity index (χ3n) is 0. The van der Waals surface area contributed by atoms with Crippen LogP contribution >= 0.6 is 0 Å². The molecule has 0 fully saturated rings. The van der Waals surface area contributed by atoms with Crippen LogP contribution in [-0.4, -0.2) is 11.7 Å². The zero-order chi connectivity index (χ0) is 4.71. The second kappa shape index (κ2) is 20.3. The summed E-state index contributed by atoms with van der Waals surface area (Å²) < 4.78 is 8.42. The second-order valence-corrected chi connectivity index (χ2v) is 0.316. The van der Waals surface area contributed by atoms with Gasteiger partial charge in [0.05, 0.1) is 0 Å². The molecule has 0 heterocycles. The summed E-state index contributed by atoms with van der Waals surface area (Å²) in [4.78, 5) is 0. The van der Waals surface area contributed by atoms with Crippen LogP contribution in [0, 0.1) is 33.8 Å². The fourth-order valence-corrected chi connectivity index (χ4v) is 0. The van der Waals surface area contributed by atoms with Gasteiger partial charge >= 0.3 is 35.5 Å². The second-order valence-electron chi connectivity index (χ2n) is 0.316. The van der Waals surface area contributed by atoms with Crippen molar-refractivity contribution in [3.05, 3.63) is 0 Å². The van der Waals surface area contributed by atoms with Crippen molar-refractivity contribution in [3.8, 4) is 0 Å². The Kier molecular flexibility index (Phi) is 37.9. The molecular weight excluding hydrogens is 195 g/mol. The molecule has 0 aromatic rings. The van der Waals surface area contributed by atoms with Crippen molar-refractivity contribution in [3.63, 3.8) is 0 Å². The summed E-state index contributed by atoms with van der Waals surface area (Å²) in [5.74, 6) is 0. The fourth-order valence-electron chi connectivity index (χ4n) is 0. The van der Waals surface area contributed by atoms with Crippen molar-refractivity contribution in [2.24, 2.45) is 0 Å². The number of hydrogen-bond acceptors (Lipinski definition) is 2. The van der Waals surface area contributed by atoms with Gasteiger partial charge in [0.2, 0.25) is 0 Å². The monoisotopic (exact) mass is 201 g/mol. The van der Waals surface area contributed by atoms with Crippen LogP contribution in [0.25, 0.3) is 0 Å². The van der Waals surface area contributed by atoms with Crippen molar-refractivity contribution < 1.29 is 40.6 Å². The Labute approximate surface area is 53.9 Å². The molecule has 3 heteroatoms. The molecule has 0 aliphatic heterocycles. The van der Waals surface area contributed by atoms with Crippen LogP contribution in [0.4, 0.5) is 0 Å². The molecule has 0 saturated carbocycles. The summed E-state index contributed by atoms with van der Waals surface area (Å²) >= 11 is -0.0833. The van der Waals surface area contributed by atoms with E-state index in [0.717, 1.165) is 0 Å². The molecule has 0 saturated heterocycles. The molecule has 0 unspecified atom stereocenters. The molecule has 0 aromatic carbocycles. The Morgan fingerprint density at radius 2 is 1.80 bits per heavy atom. The predicted molar refractivity (Wildman–Crippen MR) is 13.4 cm³/mol. The zero-order valence-electron chi connectivity index (χ0n) is 3.14. The number of rotatable bonds is 0. The Hall–Kier alpha value is 0.955. The van der Waals surface area contributed by atoms with Gasteiger partial charge in [0.15, 0.2) is 0 Å². The van der Waals surface area contributed by atoms with E-state index in [1.807, 2.05) is 0 Å². The predicted octanol–water partition coefficient (Wildman–Crippen LogP) is -0.120. The summed E-state index contributed by atoms with van der Waals surface area (Å²) in [6, 6.07) is 0. The topological polar surface area (TPSA) is 37.3 Å². The van der Waals surface area contributed by atoms with Gasteiger partial charge < -0.3 is 5.11 Å². The van der Waals surface area contributed by atoms with Gasteiger partial charge in [0.25, 0.3) is 0 Å². The quantitative estimate of drug-likeness (QED) is 0.593. The van der Waals surface area contributed by atoms with E-state index in [4.69, 9.17) is 6.80 Å². The van der Waals surface area contributed by atoms with Gasteiger partial charge in [0, 0.05) is 6.61 Å². The van der Waals surface area contributed by atoms with Crippen LogP contribution < -0.4 is 0 Å². The average Bonchev–Trinajstić information content (AvgIpc) is 1.46. The van der Waals surface area contributed by atoms with Crippen molar-refractivity contribution in [2.75, 3.05) is 6.61 Å². The Morgan fingerprint density at radius 3 is 1.80 bits per heavy atom. The molecule has 0 aliphatic rings. The number of hydrogen-bond donors (Lipinski definition) is 1. The average molecular weight is 201 g/mol. The Balaban J connectivity index is 0. The molecule has 0 aromatic heterocycles. The molecule has 0 atom stereocenters. The van der Waals surface area contributed by atoms with E-state index in [9.17, 15) is 0 Å². The number of aliphatic hydroxyl groups excluding tert-OH is 1. The van der Waals surface area contributed by atoms with Crippen molar-refractivity contribution in [2.45, 2.75) is 6.92 Å². The van der Waals surface area contributed by atoms with Gasteiger partial charge in [-0.1, -0.05) is 0 Å². The number of aliphatic hydroxyl groups is 1. The molecule has 0 spiro atoms. The van der Waals surface area contributed by atoms with Gasteiger partial charge in [-0.15, -0.1) is 0 Å². The van der Waals surface area contributed by atoms with Crippen LogP contribution in [-0.2, 0) is 1.70 Å². The van der Waals surface area contributed by atoms with E-state index in [0.29, 0.717) is 0 Å². The van der Waals surface area contributed by atoms with Crippen molar-refractivity contribution >= 4 is 0 Å². The van der Waals surface area contributed by atoms with Gasteiger partial charge in [-0.25, -0.2) is 0 Å². The van der Waals surface area contributed by atoms with Gasteiger partial charge in [0.1, 0.15) is 0 Å². The summed E-state index contributed by atoms with van der Waals surface area (Å²) in [5.41, 5.74) is 0. The van der Waals surface area contributed by atoms with Crippen LogP contribution in [0.2, 0.25) is 0 Å². The standard InChI is InChI=1S/C2H6O.La.O/c1-2-3;;/h3H,2H2,1H3;;. The molecular formula is C2H6LaO2. The Bertz CT molecular complexity index is 11.6. The molecule has 1 N–H and O–H groups in total. The van der Waals surface area contributed by atoms with E-state index in [1.165, 1.54) is 0 Å². The molecule has 0 bridgehead atoms. The minimum absolute atomic E-state index is 0.0833. The van der Waals surface area contributed by atoms with Crippen LogP contribution in [0.5, 0.6) is 0 Å². The summed E-state index contributed by atoms with van der Waals surface area (Å²) in [6.45, 7) is 1.93. The molecule has 0 rings (SSSR count). The molecule has 5 heavy (non-hydrogen) atoms. The van der Waals surface area contributed by atoms with E-state index in [1.54, 1.807) is 6.92 Å².